The molecular weight excluding hydrogens is 280 g/mol. The molecule has 2 amide bonds. The summed E-state index contributed by atoms with van der Waals surface area (Å²) in [5.74, 6) is 0.0698. The molecule has 0 aromatic heterocycles. The van der Waals surface area contributed by atoms with Gasteiger partial charge in [0.15, 0.2) is 0 Å². The first-order valence-corrected chi connectivity index (χ1v) is 8.33. The first-order chi connectivity index (χ1) is 10.3. The third-order valence-electron chi connectivity index (χ3n) is 4.06. The fourth-order valence-electron chi connectivity index (χ4n) is 3.08. The summed E-state index contributed by atoms with van der Waals surface area (Å²) < 4.78 is 5.29. The molecule has 0 heterocycles. The third-order valence-corrected chi connectivity index (χ3v) is 4.06. The number of hydrogen-bond acceptors (Lipinski definition) is 3. The highest BCUT2D eigenvalue weighted by Gasteiger charge is 2.27. The molecule has 2 aliphatic carbocycles. The number of carbonyl (C=O) groups excluding carboxylic acids is 2. The number of allylic oxidation sites excluding steroid dienone is 1. The molecule has 5 heteroatoms. The monoisotopic (exact) mass is 308 g/mol. The molecule has 0 aromatic rings. The molecule has 2 aliphatic rings. The Morgan fingerprint density at radius 3 is 2.41 bits per heavy atom. The van der Waals surface area contributed by atoms with Crippen molar-refractivity contribution >= 4 is 12.0 Å². The Kier molecular flexibility index (Phi) is 5.48. The van der Waals surface area contributed by atoms with Crippen LogP contribution in [0.4, 0.5) is 4.79 Å². The highest BCUT2D eigenvalue weighted by atomic mass is 16.6. The zero-order valence-corrected chi connectivity index (χ0v) is 13.9. The van der Waals surface area contributed by atoms with Crippen LogP contribution in [0.3, 0.4) is 0 Å². The lowest BCUT2D eigenvalue weighted by Crippen LogP contribution is -2.47. The highest BCUT2D eigenvalue weighted by Crippen LogP contribution is 2.22. The fourth-order valence-corrected chi connectivity index (χ4v) is 3.08. The van der Waals surface area contributed by atoms with Crippen molar-refractivity contribution in [3.8, 4) is 0 Å². The van der Waals surface area contributed by atoms with E-state index in [0.29, 0.717) is 0 Å². The van der Waals surface area contributed by atoms with Crippen LogP contribution in [0.25, 0.3) is 0 Å². The average molecular weight is 308 g/mol. The second-order valence-corrected chi connectivity index (χ2v) is 7.30. The number of carbonyl (C=O) groups is 2. The number of nitrogens with one attached hydrogen (secondary N) is 2. The lowest BCUT2D eigenvalue weighted by Gasteiger charge is -2.31. The second kappa shape index (κ2) is 7.16. The molecule has 22 heavy (non-hydrogen) atoms. The molecule has 2 N–H and O–H groups in total. The summed E-state index contributed by atoms with van der Waals surface area (Å²) >= 11 is 0. The quantitative estimate of drug-likeness (QED) is 0.842. The van der Waals surface area contributed by atoms with E-state index in [9.17, 15) is 9.59 Å². The smallest absolute Gasteiger partial charge is 0.407 e. The largest absolute Gasteiger partial charge is 0.444 e. The van der Waals surface area contributed by atoms with Crippen LogP contribution < -0.4 is 10.6 Å². The highest BCUT2D eigenvalue weighted by molar-refractivity contribution is 5.93. The first-order valence-electron chi connectivity index (χ1n) is 8.33. The molecule has 0 unspecified atom stereocenters. The van der Waals surface area contributed by atoms with E-state index in [1.165, 1.54) is 0 Å². The Hall–Kier alpha value is -1.52. The van der Waals surface area contributed by atoms with Gasteiger partial charge < -0.3 is 15.4 Å². The molecule has 124 valence electrons. The van der Waals surface area contributed by atoms with Crippen molar-refractivity contribution in [2.45, 2.75) is 83.4 Å². The maximum Gasteiger partial charge on any atom is 0.407 e. The maximum absolute atomic E-state index is 12.1. The van der Waals surface area contributed by atoms with Gasteiger partial charge in [0, 0.05) is 17.7 Å². The number of rotatable bonds is 3. The first kappa shape index (κ1) is 16.8. The van der Waals surface area contributed by atoms with Gasteiger partial charge in [0.25, 0.3) is 0 Å². The van der Waals surface area contributed by atoms with E-state index in [1.54, 1.807) is 0 Å². The number of ether oxygens (including phenoxy) is 1. The molecule has 0 aromatic carbocycles. The Labute approximate surface area is 132 Å². The lowest BCUT2D eigenvalue weighted by atomic mass is 9.91. The van der Waals surface area contributed by atoms with Crippen LogP contribution in [0.1, 0.15) is 65.7 Å². The lowest BCUT2D eigenvalue weighted by molar-refractivity contribution is -0.118. The van der Waals surface area contributed by atoms with E-state index in [-0.39, 0.29) is 24.1 Å². The van der Waals surface area contributed by atoms with Crippen LogP contribution in [-0.2, 0) is 9.53 Å². The predicted molar refractivity (Wildman–Crippen MR) is 85.5 cm³/mol. The molecule has 0 spiro atoms. The van der Waals surface area contributed by atoms with Gasteiger partial charge in [0.05, 0.1) is 0 Å². The topological polar surface area (TPSA) is 67.4 Å². The van der Waals surface area contributed by atoms with E-state index >= 15 is 0 Å². The molecular formula is C17H28N2O3. The van der Waals surface area contributed by atoms with Gasteiger partial charge in [0.2, 0.25) is 5.91 Å². The summed E-state index contributed by atoms with van der Waals surface area (Å²) in [6.07, 6.45) is 8.34. The van der Waals surface area contributed by atoms with Crippen LogP contribution in [0.5, 0.6) is 0 Å². The zero-order chi connectivity index (χ0) is 16.2. The second-order valence-electron chi connectivity index (χ2n) is 7.30. The standard InChI is InChI=1S/C17H28N2O3/c1-17(2,3)22-16(21)19-14-10-6-9-13(11-14)18-15(20)12-7-4-5-8-12/h7,13-14H,4-6,8-11H2,1-3H3,(H,18,20)(H,19,21)/t13-,14-/m0/s1. The third kappa shape index (κ3) is 5.35. The van der Waals surface area contributed by atoms with E-state index < -0.39 is 5.60 Å². The van der Waals surface area contributed by atoms with Gasteiger partial charge >= 0.3 is 6.09 Å². The molecule has 0 radical (unpaired) electrons. The van der Waals surface area contributed by atoms with Gasteiger partial charge in [0.1, 0.15) is 5.60 Å². The minimum atomic E-state index is -0.485. The Balaban J connectivity index is 1.79. The fraction of sp³-hybridized carbons (Fsp3) is 0.765. The number of alkyl carbamates (subject to hydrolysis) is 1. The predicted octanol–water partition coefficient (Wildman–Crippen LogP) is 3.05. The Morgan fingerprint density at radius 1 is 1.14 bits per heavy atom. The molecule has 0 aliphatic heterocycles. The molecule has 5 nitrogen and oxygen atoms in total. The van der Waals surface area contributed by atoms with Gasteiger partial charge in [-0.2, -0.15) is 0 Å². The summed E-state index contributed by atoms with van der Waals surface area (Å²) in [6, 6.07) is 0.217. The average Bonchev–Trinajstić information content (AvgIpc) is 2.90. The number of amides is 2. The van der Waals surface area contributed by atoms with Crippen molar-refractivity contribution < 1.29 is 14.3 Å². The Morgan fingerprint density at radius 2 is 1.82 bits per heavy atom. The van der Waals surface area contributed by atoms with Gasteiger partial charge in [-0.15, -0.1) is 0 Å². The summed E-state index contributed by atoms with van der Waals surface area (Å²) in [4.78, 5) is 24.0. The Bertz CT molecular complexity index is 451. The van der Waals surface area contributed by atoms with Crippen molar-refractivity contribution in [2.24, 2.45) is 0 Å². The van der Waals surface area contributed by atoms with Gasteiger partial charge in [-0.3, -0.25) is 4.79 Å². The molecule has 2 rings (SSSR count). The van der Waals surface area contributed by atoms with E-state index in [4.69, 9.17) is 4.74 Å². The van der Waals surface area contributed by atoms with E-state index in [2.05, 4.69) is 10.6 Å². The van der Waals surface area contributed by atoms with Crippen molar-refractivity contribution in [2.75, 3.05) is 0 Å². The normalized spacial score (nSPS) is 25.3. The zero-order valence-electron chi connectivity index (χ0n) is 13.9. The minimum Gasteiger partial charge on any atom is -0.444 e. The summed E-state index contributed by atoms with van der Waals surface area (Å²) in [5, 5.41) is 6.03. The van der Waals surface area contributed by atoms with Crippen LogP contribution in [0.15, 0.2) is 11.6 Å². The van der Waals surface area contributed by atoms with Crippen molar-refractivity contribution in [3.05, 3.63) is 11.6 Å². The van der Waals surface area contributed by atoms with Crippen molar-refractivity contribution in [1.82, 2.24) is 10.6 Å². The van der Waals surface area contributed by atoms with Crippen molar-refractivity contribution in [1.29, 1.82) is 0 Å². The van der Waals surface area contributed by atoms with Crippen molar-refractivity contribution in [3.63, 3.8) is 0 Å². The molecule has 0 saturated heterocycles. The van der Waals surface area contributed by atoms with Crippen LogP contribution in [0.2, 0.25) is 0 Å². The van der Waals surface area contributed by atoms with Crippen LogP contribution >= 0.6 is 0 Å². The molecule has 1 fully saturated rings. The SMILES string of the molecule is CC(C)(C)OC(=O)N[C@H]1CCC[C@H](NC(=O)C2=CCCC2)C1. The van der Waals surface area contributed by atoms with Gasteiger partial charge in [-0.05, 0) is 65.7 Å². The van der Waals surface area contributed by atoms with Crippen LogP contribution in [0, 0.1) is 0 Å². The molecule has 0 bridgehead atoms. The van der Waals surface area contributed by atoms with Gasteiger partial charge in [-0.1, -0.05) is 6.08 Å². The van der Waals surface area contributed by atoms with Crippen LogP contribution in [-0.4, -0.2) is 29.7 Å². The summed E-state index contributed by atoms with van der Waals surface area (Å²) in [6.45, 7) is 5.56. The summed E-state index contributed by atoms with van der Waals surface area (Å²) in [5.41, 5.74) is 0.434. The molecule has 2 atom stereocenters. The van der Waals surface area contributed by atoms with Gasteiger partial charge in [-0.25, -0.2) is 4.79 Å². The summed E-state index contributed by atoms with van der Waals surface area (Å²) in [7, 11) is 0. The van der Waals surface area contributed by atoms with E-state index in [0.717, 1.165) is 50.5 Å². The minimum absolute atomic E-state index is 0.0698. The maximum atomic E-state index is 12.1. The van der Waals surface area contributed by atoms with E-state index in [1.807, 2.05) is 26.8 Å². The number of hydrogen-bond donors (Lipinski definition) is 2. The molecule has 1 saturated carbocycles.